The molecule has 3 rings (SSSR count). The molecule has 0 bridgehead atoms. The van der Waals surface area contributed by atoms with E-state index in [4.69, 9.17) is 4.52 Å². The number of aryl methyl sites for hydroxylation is 1. The zero-order chi connectivity index (χ0) is 15.5. The molecule has 0 atom stereocenters. The van der Waals surface area contributed by atoms with Crippen LogP contribution in [0, 0.1) is 6.92 Å². The van der Waals surface area contributed by atoms with Crippen molar-refractivity contribution in [2.24, 2.45) is 0 Å². The van der Waals surface area contributed by atoms with Crippen LogP contribution in [0.5, 0.6) is 0 Å². The minimum Gasteiger partial charge on any atom is -0.369 e. The lowest BCUT2D eigenvalue weighted by Crippen LogP contribution is -2.46. The van der Waals surface area contributed by atoms with Crippen molar-refractivity contribution in [3.05, 3.63) is 47.3 Å². The van der Waals surface area contributed by atoms with Gasteiger partial charge in [0.1, 0.15) is 5.76 Å². The highest BCUT2D eigenvalue weighted by Gasteiger charge is 2.18. The van der Waals surface area contributed by atoms with Crippen LogP contribution >= 0.6 is 0 Å². The van der Waals surface area contributed by atoms with E-state index < -0.39 is 0 Å². The van der Waals surface area contributed by atoms with Crippen LogP contribution in [0.4, 0.5) is 5.69 Å². The molecule has 1 aliphatic rings. The molecule has 4 heteroatoms. The Morgan fingerprint density at radius 2 is 1.77 bits per heavy atom. The first-order chi connectivity index (χ1) is 10.6. The topological polar surface area (TPSA) is 32.5 Å². The Morgan fingerprint density at radius 3 is 2.36 bits per heavy atom. The third-order valence-electron chi connectivity index (χ3n) is 4.30. The van der Waals surface area contributed by atoms with E-state index >= 15 is 0 Å². The second-order valence-corrected chi connectivity index (χ2v) is 6.47. The van der Waals surface area contributed by atoms with Crippen LogP contribution in [0.15, 0.2) is 34.9 Å². The molecule has 0 unspecified atom stereocenters. The second-order valence-electron chi connectivity index (χ2n) is 6.47. The van der Waals surface area contributed by atoms with E-state index in [1.165, 1.54) is 11.3 Å². The van der Waals surface area contributed by atoms with Crippen molar-refractivity contribution in [2.75, 3.05) is 31.1 Å². The average molecular weight is 299 g/mol. The monoisotopic (exact) mass is 299 g/mol. The Kier molecular flexibility index (Phi) is 4.48. The highest BCUT2D eigenvalue weighted by atomic mass is 16.5. The molecule has 1 fully saturated rings. The summed E-state index contributed by atoms with van der Waals surface area (Å²) in [5.74, 6) is 1.38. The molecule has 2 heterocycles. The molecule has 22 heavy (non-hydrogen) atoms. The van der Waals surface area contributed by atoms with Crippen molar-refractivity contribution < 1.29 is 4.52 Å². The lowest BCUT2D eigenvalue weighted by molar-refractivity contribution is 0.241. The van der Waals surface area contributed by atoms with Gasteiger partial charge in [-0.25, -0.2) is 0 Å². The summed E-state index contributed by atoms with van der Waals surface area (Å²) in [6.07, 6.45) is 0. The molecule has 0 radical (unpaired) electrons. The maximum atomic E-state index is 5.38. The fraction of sp³-hybridized carbons (Fsp3) is 0.500. The van der Waals surface area contributed by atoms with Gasteiger partial charge in [0.15, 0.2) is 0 Å². The van der Waals surface area contributed by atoms with Crippen LogP contribution in [-0.2, 0) is 6.54 Å². The van der Waals surface area contributed by atoms with Crippen molar-refractivity contribution in [3.8, 4) is 0 Å². The minimum atomic E-state index is 0.402. The summed E-state index contributed by atoms with van der Waals surface area (Å²) >= 11 is 0. The van der Waals surface area contributed by atoms with E-state index in [-0.39, 0.29) is 0 Å². The number of anilines is 1. The zero-order valence-electron chi connectivity index (χ0n) is 13.7. The molecule has 4 nitrogen and oxygen atoms in total. The third-order valence-corrected chi connectivity index (χ3v) is 4.30. The summed E-state index contributed by atoms with van der Waals surface area (Å²) in [6.45, 7) is 11.5. The van der Waals surface area contributed by atoms with E-state index in [1.54, 1.807) is 0 Å². The Morgan fingerprint density at radius 1 is 1.09 bits per heavy atom. The van der Waals surface area contributed by atoms with E-state index in [0.717, 1.165) is 44.2 Å². The highest BCUT2D eigenvalue weighted by molar-refractivity contribution is 5.47. The molecule has 2 aromatic rings. The predicted octanol–water partition coefficient (Wildman–Crippen LogP) is 3.43. The molecule has 1 aliphatic heterocycles. The van der Waals surface area contributed by atoms with Crippen molar-refractivity contribution in [1.82, 2.24) is 10.1 Å². The van der Waals surface area contributed by atoms with E-state index in [1.807, 2.05) is 0 Å². The van der Waals surface area contributed by atoms with Crippen LogP contribution in [0.1, 0.15) is 36.8 Å². The number of rotatable bonds is 4. The van der Waals surface area contributed by atoms with Gasteiger partial charge in [0.25, 0.3) is 0 Å². The summed E-state index contributed by atoms with van der Waals surface area (Å²) in [4.78, 5) is 4.91. The smallest absolute Gasteiger partial charge is 0.139 e. The van der Waals surface area contributed by atoms with E-state index in [2.05, 4.69) is 66.1 Å². The van der Waals surface area contributed by atoms with Crippen LogP contribution in [-0.4, -0.2) is 36.2 Å². The molecule has 1 aromatic heterocycles. The summed E-state index contributed by atoms with van der Waals surface area (Å²) in [7, 11) is 0. The largest absolute Gasteiger partial charge is 0.369 e. The normalized spacial score (nSPS) is 16.5. The number of hydrogen-bond donors (Lipinski definition) is 0. The number of aromatic nitrogens is 1. The first-order valence-corrected chi connectivity index (χ1v) is 8.11. The van der Waals surface area contributed by atoms with Gasteiger partial charge in [-0.15, -0.1) is 0 Å². The Hall–Kier alpha value is -1.81. The summed E-state index contributed by atoms with van der Waals surface area (Å²) < 4.78 is 5.38. The summed E-state index contributed by atoms with van der Waals surface area (Å²) in [6, 6.07) is 10.9. The van der Waals surface area contributed by atoms with E-state index in [0.29, 0.717) is 5.92 Å². The number of benzene rings is 1. The average Bonchev–Trinajstić information content (AvgIpc) is 2.98. The minimum absolute atomic E-state index is 0.402. The molecule has 0 aliphatic carbocycles. The van der Waals surface area contributed by atoms with Crippen molar-refractivity contribution >= 4 is 5.69 Å². The highest BCUT2D eigenvalue weighted by Crippen LogP contribution is 2.19. The quantitative estimate of drug-likeness (QED) is 0.866. The van der Waals surface area contributed by atoms with Gasteiger partial charge in [-0.3, -0.25) is 4.90 Å². The van der Waals surface area contributed by atoms with Gasteiger partial charge in [-0.2, -0.15) is 0 Å². The van der Waals surface area contributed by atoms with Gasteiger partial charge < -0.3 is 9.42 Å². The molecule has 1 saturated heterocycles. The molecule has 0 amide bonds. The van der Waals surface area contributed by atoms with Crippen LogP contribution < -0.4 is 4.90 Å². The Balaban J connectivity index is 1.54. The van der Waals surface area contributed by atoms with Gasteiger partial charge in [-0.05, 0) is 19.1 Å². The summed E-state index contributed by atoms with van der Waals surface area (Å²) in [5, 5.41) is 4.19. The van der Waals surface area contributed by atoms with Crippen LogP contribution in [0.3, 0.4) is 0 Å². The summed E-state index contributed by atoms with van der Waals surface area (Å²) in [5.41, 5.74) is 3.69. The standard InChI is InChI=1S/C18H25N3O/c1-14(2)18-12-16(19-22-18)13-20-8-10-21(11-9-20)17-6-4-15(3)5-7-17/h4-7,12,14H,8-11,13H2,1-3H3. The van der Waals surface area contributed by atoms with Gasteiger partial charge in [0.05, 0.1) is 5.69 Å². The Bertz CT molecular complexity index is 595. The first-order valence-electron chi connectivity index (χ1n) is 8.11. The molecule has 118 valence electrons. The fourth-order valence-corrected chi connectivity index (χ4v) is 2.82. The van der Waals surface area contributed by atoms with Crippen molar-refractivity contribution in [2.45, 2.75) is 33.2 Å². The van der Waals surface area contributed by atoms with Gasteiger partial charge in [0, 0.05) is 50.4 Å². The van der Waals surface area contributed by atoms with Crippen molar-refractivity contribution in [1.29, 1.82) is 0 Å². The first kappa shape index (κ1) is 15.1. The third kappa shape index (κ3) is 3.50. The lowest BCUT2D eigenvalue weighted by atomic mass is 10.1. The second kappa shape index (κ2) is 6.53. The van der Waals surface area contributed by atoms with Gasteiger partial charge >= 0.3 is 0 Å². The van der Waals surface area contributed by atoms with Crippen LogP contribution in [0.25, 0.3) is 0 Å². The Labute approximate surface area is 132 Å². The maximum Gasteiger partial charge on any atom is 0.139 e. The molecular weight excluding hydrogens is 274 g/mol. The molecular formula is C18H25N3O. The SMILES string of the molecule is Cc1ccc(N2CCN(Cc3cc(C(C)C)on3)CC2)cc1. The van der Waals surface area contributed by atoms with E-state index in [9.17, 15) is 0 Å². The fourth-order valence-electron chi connectivity index (χ4n) is 2.82. The zero-order valence-corrected chi connectivity index (χ0v) is 13.7. The van der Waals surface area contributed by atoms with Crippen LogP contribution in [0.2, 0.25) is 0 Å². The molecule has 0 spiro atoms. The number of hydrogen-bond acceptors (Lipinski definition) is 4. The van der Waals surface area contributed by atoms with Gasteiger partial charge in [-0.1, -0.05) is 36.7 Å². The predicted molar refractivity (Wildman–Crippen MR) is 89.3 cm³/mol. The molecule has 1 aromatic carbocycles. The number of nitrogens with zero attached hydrogens (tertiary/aromatic N) is 3. The van der Waals surface area contributed by atoms with Crippen molar-refractivity contribution in [3.63, 3.8) is 0 Å². The molecule has 0 N–H and O–H groups in total. The molecule has 0 saturated carbocycles. The number of piperazine rings is 1. The maximum absolute atomic E-state index is 5.38. The lowest BCUT2D eigenvalue weighted by Gasteiger charge is -2.35. The van der Waals surface area contributed by atoms with Gasteiger partial charge in [0.2, 0.25) is 0 Å².